The third-order valence-electron chi connectivity index (χ3n) is 1.72. The highest BCUT2D eigenvalue weighted by Crippen LogP contribution is 2.18. The standard InChI is InChI=1S/C10H14O3S/c1-2-13-10(12)9-6-5-8(14-9)4-3-7-11/h5-6,11H,2-4,7H2,1H3. The summed E-state index contributed by atoms with van der Waals surface area (Å²) in [5.41, 5.74) is 0. The first kappa shape index (κ1) is 11.2. The van der Waals surface area contributed by atoms with Gasteiger partial charge in [0.15, 0.2) is 0 Å². The predicted molar refractivity (Wildman–Crippen MR) is 55.7 cm³/mol. The van der Waals surface area contributed by atoms with Crippen molar-refractivity contribution < 1.29 is 14.6 Å². The third-order valence-corrected chi connectivity index (χ3v) is 2.84. The Labute approximate surface area is 87.3 Å². The van der Waals surface area contributed by atoms with Crippen LogP contribution in [0.3, 0.4) is 0 Å². The Morgan fingerprint density at radius 3 is 3.00 bits per heavy atom. The molecule has 0 fully saturated rings. The smallest absolute Gasteiger partial charge is 0.348 e. The van der Waals surface area contributed by atoms with Gasteiger partial charge in [-0.3, -0.25) is 0 Å². The largest absolute Gasteiger partial charge is 0.462 e. The molecule has 14 heavy (non-hydrogen) atoms. The first-order chi connectivity index (χ1) is 6.77. The van der Waals surface area contributed by atoms with Crippen LogP contribution in [0.5, 0.6) is 0 Å². The van der Waals surface area contributed by atoms with Crippen molar-refractivity contribution in [2.45, 2.75) is 19.8 Å². The molecule has 4 heteroatoms. The van der Waals surface area contributed by atoms with Crippen molar-refractivity contribution in [3.05, 3.63) is 21.9 Å². The van der Waals surface area contributed by atoms with E-state index in [9.17, 15) is 4.79 Å². The number of hydrogen-bond acceptors (Lipinski definition) is 4. The fraction of sp³-hybridized carbons (Fsp3) is 0.500. The van der Waals surface area contributed by atoms with Crippen LogP contribution in [0.4, 0.5) is 0 Å². The van der Waals surface area contributed by atoms with Crippen molar-refractivity contribution in [2.24, 2.45) is 0 Å². The topological polar surface area (TPSA) is 46.5 Å². The minimum atomic E-state index is -0.257. The molecule has 0 unspecified atom stereocenters. The van der Waals surface area contributed by atoms with Crippen molar-refractivity contribution in [3.63, 3.8) is 0 Å². The van der Waals surface area contributed by atoms with Gasteiger partial charge in [-0.05, 0) is 31.9 Å². The molecule has 1 N–H and O–H groups in total. The SMILES string of the molecule is CCOC(=O)c1ccc(CCCO)s1. The van der Waals surface area contributed by atoms with Crippen LogP contribution >= 0.6 is 11.3 Å². The molecule has 1 aromatic heterocycles. The second kappa shape index (κ2) is 5.78. The molecule has 0 radical (unpaired) electrons. The van der Waals surface area contributed by atoms with Crippen LogP contribution in [-0.4, -0.2) is 24.3 Å². The molecular weight excluding hydrogens is 200 g/mol. The summed E-state index contributed by atoms with van der Waals surface area (Å²) >= 11 is 1.44. The lowest BCUT2D eigenvalue weighted by atomic mass is 10.3. The number of thiophene rings is 1. The van der Waals surface area contributed by atoms with Crippen LogP contribution < -0.4 is 0 Å². The molecule has 0 atom stereocenters. The van der Waals surface area contributed by atoms with Gasteiger partial charge in [0.25, 0.3) is 0 Å². The molecule has 0 aliphatic rings. The average molecular weight is 214 g/mol. The second-order valence-electron chi connectivity index (χ2n) is 2.81. The molecule has 0 spiro atoms. The highest BCUT2D eigenvalue weighted by atomic mass is 32.1. The summed E-state index contributed by atoms with van der Waals surface area (Å²) in [5, 5.41) is 8.64. The summed E-state index contributed by atoms with van der Waals surface area (Å²) in [6.07, 6.45) is 1.56. The molecule has 0 aliphatic heterocycles. The summed E-state index contributed by atoms with van der Waals surface area (Å²) < 4.78 is 4.87. The minimum absolute atomic E-state index is 0.187. The molecule has 0 saturated carbocycles. The highest BCUT2D eigenvalue weighted by Gasteiger charge is 2.09. The average Bonchev–Trinajstić information content (AvgIpc) is 2.63. The first-order valence-electron chi connectivity index (χ1n) is 4.64. The van der Waals surface area contributed by atoms with E-state index in [2.05, 4.69) is 0 Å². The van der Waals surface area contributed by atoms with Crippen LogP contribution in [-0.2, 0) is 11.2 Å². The molecular formula is C10H14O3S. The van der Waals surface area contributed by atoms with Crippen molar-refractivity contribution in [3.8, 4) is 0 Å². The van der Waals surface area contributed by atoms with E-state index in [-0.39, 0.29) is 12.6 Å². The van der Waals surface area contributed by atoms with Gasteiger partial charge in [-0.1, -0.05) is 0 Å². The summed E-state index contributed by atoms with van der Waals surface area (Å²) in [6.45, 7) is 2.38. The highest BCUT2D eigenvalue weighted by molar-refractivity contribution is 7.13. The van der Waals surface area contributed by atoms with Crippen LogP contribution in [0.1, 0.15) is 27.9 Å². The van der Waals surface area contributed by atoms with Crippen LogP contribution in [0.25, 0.3) is 0 Å². The number of esters is 1. The number of aryl methyl sites for hydroxylation is 1. The van der Waals surface area contributed by atoms with E-state index in [1.807, 2.05) is 6.07 Å². The molecule has 0 aliphatic carbocycles. The van der Waals surface area contributed by atoms with Gasteiger partial charge in [-0.25, -0.2) is 4.79 Å². The lowest BCUT2D eigenvalue weighted by Gasteiger charge is -1.96. The molecule has 0 aromatic carbocycles. The lowest BCUT2D eigenvalue weighted by molar-refractivity contribution is 0.0532. The lowest BCUT2D eigenvalue weighted by Crippen LogP contribution is -2.01. The van der Waals surface area contributed by atoms with Gasteiger partial charge in [0.05, 0.1) is 6.61 Å². The number of ether oxygens (including phenoxy) is 1. The molecule has 78 valence electrons. The maximum atomic E-state index is 11.3. The Morgan fingerprint density at radius 1 is 1.57 bits per heavy atom. The Balaban J connectivity index is 2.54. The second-order valence-corrected chi connectivity index (χ2v) is 3.98. The molecule has 0 saturated heterocycles. The summed E-state index contributed by atoms with van der Waals surface area (Å²) in [5.74, 6) is -0.257. The van der Waals surface area contributed by atoms with Gasteiger partial charge in [0.2, 0.25) is 0 Å². The molecule has 1 rings (SSSR count). The number of carbonyl (C=O) groups is 1. The monoisotopic (exact) mass is 214 g/mol. The van der Waals surface area contributed by atoms with E-state index in [4.69, 9.17) is 9.84 Å². The van der Waals surface area contributed by atoms with Crippen LogP contribution in [0.15, 0.2) is 12.1 Å². The number of aliphatic hydroxyl groups excluding tert-OH is 1. The van der Waals surface area contributed by atoms with Gasteiger partial charge < -0.3 is 9.84 Å². The van der Waals surface area contributed by atoms with E-state index >= 15 is 0 Å². The Bertz CT molecular complexity index is 293. The quantitative estimate of drug-likeness (QED) is 0.761. The van der Waals surface area contributed by atoms with E-state index in [0.717, 1.165) is 17.7 Å². The van der Waals surface area contributed by atoms with Crippen LogP contribution in [0.2, 0.25) is 0 Å². The Morgan fingerprint density at radius 2 is 2.36 bits per heavy atom. The molecule has 1 heterocycles. The summed E-state index contributed by atoms with van der Waals surface area (Å²) in [6, 6.07) is 3.68. The van der Waals surface area contributed by atoms with Crippen LogP contribution in [0, 0.1) is 0 Å². The molecule has 1 aromatic rings. The van der Waals surface area contributed by atoms with E-state index in [1.54, 1.807) is 13.0 Å². The van der Waals surface area contributed by atoms with Crippen molar-refractivity contribution in [1.82, 2.24) is 0 Å². The maximum absolute atomic E-state index is 11.3. The predicted octanol–water partition coefficient (Wildman–Crippen LogP) is 1.85. The van der Waals surface area contributed by atoms with Gasteiger partial charge in [0, 0.05) is 11.5 Å². The van der Waals surface area contributed by atoms with Gasteiger partial charge in [-0.2, -0.15) is 0 Å². The number of rotatable bonds is 5. The van der Waals surface area contributed by atoms with Crippen molar-refractivity contribution >= 4 is 17.3 Å². The molecule has 3 nitrogen and oxygen atoms in total. The number of hydrogen-bond donors (Lipinski definition) is 1. The minimum Gasteiger partial charge on any atom is -0.462 e. The Kier molecular flexibility index (Phi) is 4.62. The number of carbonyl (C=O) groups excluding carboxylic acids is 1. The van der Waals surface area contributed by atoms with Crippen molar-refractivity contribution in [1.29, 1.82) is 0 Å². The van der Waals surface area contributed by atoms with Gasteiger partial charge in [0.1, 0.15) is 4.88 Å². The normalized spacial score (nSPS) is 10.1. The number of aliphatic hydroxyl groups is 1. The van der Waals surface area contributed by atoms with E-state index in [0.29, 0.717) is 11.5 Å². The maximum Gasteiger partial charge on any atom is 0.348 e. The van der Waals surface area contributed by atoms with Gasteiger partial charge >= 0.3 is 5.97 Å². The fourth-order valence-corrected chi connectivity index (χ4v) is 2.02. The summed E-state index contributed by atoms with van der Waals surface area (Å²) in [7, 11) is 0. The third kappa shape index (κ3) is 3.12. The zero-order valence-electron chi connectivity index (χ0n) is 8.16. The van der Waals surface area contributed by atoms with Gasteiger partial charge in [-0.15, -0.1) is 11.3 Å². The fourth-order valence-electron chi connectivity index (χ4n) is 1.08. The molecule has 0 bridgehead atoms. The van der Waals surface area contributed by atoms with E-state index in [1.165, 1.54) is 11.3 Å². The zero-order chi connectivity index (χ0) is 10.4. The molecule has 0 amide bonds. The zero-order valence-corrected chi connectivity index (χ0v) is 8.97. The van der Waals surface area contributed by atoms with Crippen molar-refractivity contribution in [2.75, 3.05) is 13.2 Å². The Hall–Kier alpha value is -0.870. The van der Waals surface area contributed by atoms with E-state index < -0.39 is 0 Å². The summed E-state index contributed by atoms with van der Waals surface area (Å²) in [4.78, 5) is 13.0. The first-order valence-corrected chi connectivity index (χ1v) is 5.46.